The van der Waals surface area contributed by atoms with Crippen molar-refractivity contribution in [2.75, 3.05) is 7.05 Å². The van der Waals surface area contributed by atoms with Gasteiger partial charge in [0.1, 0.15) is 12.4 Å². The summed E-state index contributed by atoms with van der Waals surface area (Å²) in [6.07, 6.45) is 8.25. The Hall–Kier alpha value is -1.84. The van der Waals surface area contributed by atoms with Crippen molar-refractivity contribution in [2.24, 2.45) is 0 Å². The molecule has 4 heteroatoms. The predicted molar refractivity (Wildman–Crippen MR) is 93.4 cm³/mol. The fourth-order valence-electron chi connectivity index (χ4n) is 3.67. The molecule has 0 N–H and O–H groups in total. The molecule has 124 valence electrons. The molecule has 1 saturated carbocycles. The largest absolute Gasteiger partial charge is 0.341 e. The van der Waals surface area contributed by atoms with Crippen molar-refractivity contribution in [3.63, 3.8) is 0 Å². The minimum atomic E-state index is 0.203. The van der Waals surface area contributed by atoms with Gasteiger partial charge in [0.05, 0.1) is 11.0 Å². The maximum atomic E-state index is 12.8. The van der Waals surface area contributed by atoms with Crippen LogP contribution in [0.4, 0.5) is 0 Å². The molecule has 1 heterocycles. The number of carbonyl (C=O) groups is 1. The van der Waals surface area contributed by atoms with Gasteiger partial charge in [-0.1, -0.05) is 44.7 Å². The zero-order valence-electron chi connectivity index (χ0n) is 14.3. The molecule has 4 nitrogen and oxygen atoms in total. The van der Waals surface area contributed by atoms with Crippen LogP contribution in [0, 0.1) is 0 Å². The summed E-state index contributed by atoms with van der Waals surface area (Å²) in [5, 5.41) is 0. The summed E-state index contributed by atoms with van der Waals surface area (Å²) in [7, 11) is 1.98. The van der Waals surface area contributed by atoms with Crippen molar-refractivity contribution >= 4 is 16.9 Å². The van der Waals surface area contributed by atoms with E-state index in [1.807, 2.05) is 30.1 Å². The Labute approximate surface area is 138 Å². The molecule has 1 aliphatic carbocycles. The van der Waals surface area contributed by atoms with E-state index in [-0.39, 0.29) is 5.91 Å². The molecule has 2 aromatic rings. The average molecular weight is 313 g/mol. The monoisotopic (exact) mass is 313 g/mol. The molecule has 3 rings (SSSR count). The van der Waals surface area contributed by atoms with Crippen LogP contribution in [0.25, 0.3) is 11.0 Å². The Kier molecular flexibility index (Phi) is 4.99. The summed E-state index contributed by atoms with van der Waals surface area (Å²) < 4.78 is 2.09. The number of aryl methyl sites for hydroxylation is 1. The van der Waals surface area contributed by atoms with E-state index >= 15 is 0 Å². The van der Waals surface area contributed by atoms with Gasteiger partial charge in [0.15, 0.2) is 0 Å². The maximum Gasteiger partial charge on any atom is 0.242 e. The van der Waals surface area contributed by atoms with Crippen LogP contribution >= 0.6 is 0 Å². The predicted octanol–water partition coefficient (Wildman–Crippen LogP) is 3.78. The molecule has 1 fully saturated rings. The van der Waals surface area contributed by atoms with Crippen molar-refractivity contribution in [1.29, 1.82) is 0 Å². The first-order chi connectivity index (χ1) is 11.2. The third-order valence-corrected chi connectivity index (χ3v) is 5.11. The van der Waals surface area contributed by atoms with Crippen LogP contribution in [-0.2, 0) is 17.8 Å². The molecule has 0 spiro atoms. The van der Waals surface area contributed by atoms with E-state index in [9.17, 15) is 4.79 Å². The zero-order valence-corrected chi connectivity index (χ0v) is 14.3. The first kappa shape index (κ1) is 16.0. The molecule has 23 heavy (non-hydrogen) atoms. The van der Waals surface area contributed by atoms with Crippen LogP contribution in [0.1, 0.15) is 51.3 Å². The lowest BCUT2D eigenvalue weighted by molar-refractivity contribution is -0.132. The van der Waals surface area contributed by atoms with E-state index in [1.165, 1.54) is 25.7 Å². The van der Waals surface area contributed by atoms with Crippen molar-refractivity contribution < 1.29 is 4.79 Å². The van der Waals surface area contributed by atoms with Gasteiger partial charge >= 0.3 is 0 Å². The Morgan fingerprint density at radius 2 is 1.91 bits per heavy atom. The first-order valence-electron chi connectivity index (χ1n) is 8.90. The van der Waals surface area contributed by atoms with Crippen LogP contribution in [0.15, 0.2) is 24.3 Å². The van der Waals surface area contributed by atoms with E-state index in [0.717, 1.165) is 36.1 Å². The highest BCUT2D eigenvalue weighted by atomic mass is 16.2. The van der Waals surface area contributed by atoms with Gasteiger partial charge in [-0.15, -0.1) is 0 Å². The number of aromatic nitrogens is 2. The molecular formula is C19H27N3O. The smallest absolute Gasteiger partial charge is 0.242 e. The Morgan fingerprint density at radius 3 is 2.61 bits per heavy atom. The number of para-hydroxylation sites is 2. The van der Waals surface area contributed by atoms with Gasteiger partial charge in [-0.25, -0.2) is 4.98 Å². The number of rotatable bonds is 4. The first-order valence-corrected chi connectivity index (χ1v) is 8.90. The maximum absolute atomic E-state index is 12.8. The Bertz CT molecular complexity index is 668. The highest BCUT2D eigenvalue weighted by molar-refractivity contribution is 5.81. The molecule has 1 aliphatic rings. The number of nitrogens with zero attached hydrogens (tertiary/aromatic N) is 3. The third kappa shape index (κ3) is 3.41. The highest BCUT2D eigenvalue weighted by Gasteiger charge is 2.22. The fraction of sp³-hybridized carbons (Fsp3) is 0.579. The number of benzene rings is 1. The molecule has 0 atom stereocenters. The van der Waals surface area contributed by atoms with Gasteiger partial charge in [-0.2, -0.15) is 0 Å². The topological polar surface area (TPSA) is 38.1 Å². The number of carbonyl (C=O) groups excluding carboxylic acids is 1. The van der Waals surface area contributed by atoms with Gasteiger partial charge < -0.3 is 9.47 Å². The number of hydrogen-bond donors (Lipinski definition) is 0. The lowest BCUT2D eigenvalue weighted by atomic mass is 10.1. The second-order valence-corrected chi connectivity index (χ2v) is 6.61. The van der Waals surface area contributed by atoms with E-state index < -0.39 is 0 Å². The van der Waals surface area contributed by atoms with Crippen LogP contribution in [0.2, 0.25) is 0 Å². The van der Waals surface area contributed by atoms with Crippen molar-refractivity contribution in [3.8, 4) is 0 Å². The zero-order chi connectivity index (χ0) is 16.2. The molecule has 0 unspecified atom stereocenters. The molecule has 1 aromatic carbocycles. The summed E-state index contributed by atoms with van der Waals surface area (Å²) in [6.45, 7) is 2.49. The van der Waals surface area contributed by atoms with Gasteiger partial charge in [0.25, 0.3) is 0 Å². The van der Waals surface area contributed by atoms with E-state index in [1.54, 1.807) is 0 Å². The summed E-state index contributed by atoms with van der Waals surface area (Å²) in [6, 6.07) is 8.49. The quantitative estimate of drug-likeness (QED) is 0.806. The van der Waals surface area contributed by atoms with E-state index in [0.29, 0.717) is 12.6 Å². The number of imidazole rings is 1. The average Bonchev–Trinajstić information content (AvgIpc) is 2.75. The minimum Gasteiger partial charge on any atom is -0.341 e. The number of amides is 1. The SMILES string of the molecule is CCc1nc2ccccc2n1CC(=O)N(C)C1CCCCCC1. The highest BCUT2D eigenvalue weighted by Crippen LogP contribution is 2.22. The van der Waals surface area contributed by atoms with E-state index in [4.69, 9.17) is 0 Å². The molecule has 0 radical (unpaired) electrons. The second-order valence-electron chi connectivity index (χ2n) is 6.61. The lowest BCUT2D eigenvalue weighted by Gasteiger charge is -2.27. The second kappa shape index (κ2) is 7.16. The van der Waals surface area contributed by atoms with Crippen LogP contribution in [0.5, 0.6) is 0 Å². The van der Waals surface area contributed by atoms with Gasteiger partial charge in [-0.05, 0) is 25.0 Å². The van der Waals surface area contributed by atoms with Crippen molar-refractivity contribution in [3.05, 3.63) is 30.1 Å². The normalized spacial score (nSPS) is 16.4. The van der Waals surface area contributed by atoms with E-state index in [2.05, 4.69) is 22.5 Å². The standard InChI is InChI=1S/C19H27N3O/c1-3-18-20-16-12-8-9-13-17(16)22(18)14-19(23)21(2)15-10-6-4-5-7-11-15/h8-9,12-13,15H,3-7,10-11,14H2,1-2H3. The molecule has 1 aromatic heterocycles. The van der Waals surface area contributed by atoms with Gasteiger partial charge in [0.2, 0.25) is 5.91 Å². The fourth-order valence-corrected chi connectivity index (χ4v) is 3.67. The van der Waals surface area contributed by atoms with Crippen molar-refractivity contribution in [1.82, 2.24) is 14.5 Å². The van der Waals surface area contributed by atoms with Gasteiger partial charge in [-0.3, -0.25) is 4.79 Å². The lowest BCUT2D eigenvalue weighted by Crippen LogP contribution is -2.39. The third-order valence-electron chi connectivity index (χ3n) is 5.11. The summed E-state index contributed by atoms with van der Waals surface area (Å²) in [5.41, 5.74) is 2.04. The number of hydrogen-bond acceptors (Lipinski definition) is 2. The molecule has 0 saturated heterocycles. The molecule has 0 bridgehead atoms. The number of fused-ring (bicyclic) bond motifs is 1. The Morgan fingerprint density at radius 1 is 1.22 bits per heavy atom. The minimum absolute atomic E-state index is 0.203. The van der Waals surface area contributed by atoms with Crippen LogP contribution < -0.4 is 0 Å². The molecular weight excluding hydrogens is 286 g/mol. The summed E-state index contributed by atoms with van der Waals surface area (Å²) in [4.78, 5) is 19.5. The van der Waals surface area contributed by atoms with Gasteiger partial charge in [0, 0.05) is 19.5 Å². The van der Waals surface area contributed by atoms with Crippen LogP contribution in [-0.4, -0.2) is 33.4 Å². The van der Waals surface area contributed by atoms with Crippen molar-refractivity contribution in [2.45, 2.75) is 64.5 Å². The Balaban J connectivity index is 1.79. The molecule has 1 amide bonds. The van der Waals surface area contributed by atoms with Crippen LogP contribution in [0.3, 0.4) is 0 Å². The molecule has 0 aliphatic heterocycles. The summed E-state index contributed by atoms with van der Waals surface area (Å²) >= 11 is 0. The number of likely N-dealkylation sites (N-methyl/N-ethyl adjacent to an activating group) is 1. The summed E-state index contributed by atoms with van der Waals surface area (Å²) in [5.74, 6) is 1.20.